The Morgan fingerprint density at radius 1 is 0.789 bits per heavy atom. The molecule has 0 radical (unpaired) electrons. The summed E-state index contributed by atoms with van der Waals surface area (Å²) < 4.78 is 62.8. The summed E-state index contributed by atoms with van der Waals surface area (Å²) in [4.78, 5) is 0. The van der Waals surface area contributed by atoms with Crippen molar-refractivity contribution in [3.05, 3.63) is 59.7 Å². The van der Waals surface area contributed by atoms with Gasteiger partial charge in [0.2, 0.25) is 0 Å². The number of rotatable bonds is 2. The molecule has 2 rings (SSSR count). The minimum atomic E-state index is -4.45. The molecule has 0 aliphatic heterocycles. The van der Waals surface area contributed by atoms with Gasteiger partial charge in [-0.25, -0.2) is 8.78 Å². The summed E-state index contributed by atoms with van der Waals surface area (Å²) in [7, 11) is 0. The lowest BCUT2D eigenvalue weighted by Gasteiger charge is -2.09. The molecule has 0 aromatic heterocycles. The smallest absolute Gasteiger partial charge is 0.205 e. The van der Waals surface area contributed by atoms with Gasteiger partial charge in [0.25, 0.3) is 6.43 Å². The molecule has 0 bridgehead atoms. The first-order valence-electron chi connectivity index (χ1n) is 5.43. The molecule has 19 heavy (non-hydrogen) atoms. The molecule has 5 heteroatoms. The lowest BCUT2D eigenvalue weighted by Crippen LogP contribution is -2.04. The van der Waals surface area contributed by atoms with E-state index in [0.29, 0.717) is 5.56 Å². The Balaban J connectivity index is 2.45. The summed E-state index contributed by atoms with van der Waals surface area (Å²) in [6, 6.07) is 9.94. The molecule has 100 valence electrons. The number of benzene rings is 2. The highest BCUT2D eigenvalue weighted by Gasteiger charge is 2.30. The average Bonchev–Trinajstić information content (AvgIpc) is 2.38. The molecule has 0 fully saturated rings. The van der Waals surface area contributed by atoms with Crippen LogP contribution in [0.5, 0.6) is 0 Å². The fraction of sp³-hybridized carbons (Fsp3) is 0.143. The number of halogens is 5. The van der Waals surface area contributed by atoms with Crippen LogP contribution >= 0.6 is 0 Å². The molecule has 0 amide bonds. The molecule has 0 aliphatic carbocycles. The van der Waals surface area contributed by atoms with E-state index in [1.165, 1.54) is 36.4 Å². The molecule has 0 aliphatic rings. The highest BCUT2D eigenvalue weighted by Crippen LogP contribution is 2.33. The monoisotopic (exact) mass is 272 g/mol. The van der Waals surface area contributed by atoms with Crippen LogP contribution in [0.25, 0.3) is 11.1 Å². The van der Waals surface area contributed by atoms with Crippen LogP contribution in [0.4, 0.5) is 22.0 Å². The summed E-state index contributed by atoms with van der Waals surface area (Å²) in [6.07, 6.45) is -7.10. The maximum atomic E-state index is 12.6. The highest BCUT2D eigenvalue weighted by molar-refractivity contribution is 5.65. The van der Waals surface area contributed by atoms with E-state index in [0.717, 1.165) is 12.1 Å². The first-order valence-corrected chi connectivity index (χ1v) is 5.43. The zero-order valence-corrected chi connectivity index (χ0v) is 9.59. The van der Waals surface area contributed by atoms with Crippen molar-refractivity contribution in [1.29, 1.82) is 0 Å². The maximum absolute atomic E-state index is 12.6. The quantitative estimate of drug-likeness (QED) is 0.650. The van der Waals surface area contributed by atoms with Crippen molar-refractivity contribution < 1.29 is 22.0 Å². The number of alkyl halides is 5. The Morgan fingerprint density at radius 2 is 1.37 bits per heavy atom. The fourth-order valence-corrected chi connectivity index (χ4v) is 1.73. The van der Waals surface area contributed by atoms with Gasteiger partial charge in [0.05, 0.1) is 5.56 Å². The number of hydrogen-bond donors (Lipinski definition) is 0. The van der Waals surface area contributed by atoms with Gasteiger partial charge in [-0.3, -0.25) is 0 Å². The molecular formula is C14H9F5. The van der Waals surface area contributed by atoms with Crippen molar-refractivity contribution in [2.75, 3.05) is 0 Å². The second-order valence-corrected chi connectivity index (χ2v) is 4.00. The van der Waals surface area contributed by atoms with Gasteiger partial charge in [0.15, 0.2) is 0 Å². The molecule has 0 saturated heterocycles. The van der Waals surface area contributed by atoms with Crippen LogP contribution in [0.3, 0.4) is 0 Å². The molecule has 0 nitrogen and oxygen atoms in total. The minimum absolute atomic E-state index is 0.213. The first kappa shape index (κ1) is 13.5. The van der Waals surface area contributed by atoms with Crippen LogP contribution < -0.4 is 0 Å². The second kappa shape index (κ2) is 4.99. The summed E-state index contributed by atoms with van der Waals surface area (Å²) in [5.41, 5.74) is -0.413. The molecule has 2 aromatic rings. The third kappa shape index (κ3) is 3.10. The molecule has 0 spiro atoms. The van der Waals surface area contributed by atoms with Crippen molar-refractivity contribution in [3.8, 4) is 11.1 Å². The van der Waals surface area contributed by atoms with Gasteiger partial charge in [0, 0.05) is 5.56 Å². The normalized spacial score (nSPS) is 11.9. The Morgan fingerprint density at radius 3 is 1.95 bits per heavy atom. The molecular weight excluding hydrogens is 263 g/mol. The third-order valence-corrected chi connectivity index (χ3v) is 2.66. The zero-order valence-electron chi connectivity index (χ0n) is 9.59. The Hall–Kier alpha value is -1.91. The van der Waals surface area contributed by atoms with E-state index in [1.807, 2.05) is 0 Å². The van der Waals surface area contributed by atoms with E-state index in [1.54, 1.807) is 0 Å². The average molecular weight is 272 g/mol. The van der Waals surface area contributed by atoms with E-state index in [4.69, 9.17) is 0 Å². The SMILES string of the molecule is FC(F)c1cccc(-c2cccc(C(F)(F)F)c2)c1. The van der Waals surface area contributed by atoms with Crippen LogP contribution in [-0.2, 0) is 6.18 Å². The Labute approximate surface area is 106 Å². The molecule has 0 N–H and O–H groups in total. The lowest BCUT2D eigenvalue weighted by atomic mass is 10.0. The van der Waals surface area contributed by atoms with Gasteiger partial charge in [-0.05, 0) is 29.3 Å². The second-order valence-electron chi connectivity index (χ2n) is 4.00. The van der Waals surface area contributed by atoms with Gasteiger partial charge < -0.3 is 0 Å². The van der Waals surface area contributed by atoms with Crippen molar-refractivity contribution in [2.45, 2.75) is 12.6 Å². The van der Waals surface area contributed by atoms with Crippen molar-refractivity contribution >= 4 is 0 Å². The van der Waals surface area contributed by atoms with Crippen molar-refractivity contribution in [3.63, 3.8) is 0 Å². The first-order chi connectivity index (χ1) is 8.88. The minimum Gasteiger partial charge on any atom is -0.205 e. The predicted molar refractivity (Wildman–Crippen MR) is 61.8 cm³/mol. The summed E-state index contributed by atoms with van der Waals surface area (Å²) in [5, 5.41) is 0. The summed E-state index contributed by atoms with van der Waals surface area (Å²) in [6.45, 7) is 0. The molecule has 0 saturated carbocycles. The topological polar surface area (TPSA) is 0 Å². The van der Waals surface area contributed by atoms with E-state index >= 15 is 0 Å². The summed E-state index contributed by atoms with van der Waals surface area (Å²) in [5.74, 6) is 0. The van der Waals surface area contributed by atoms with Crippen molar-refractivity contribution in [1.82, 2.24) is 0 Å². The molecule has 0 atom stereocenters. The maximum Gasteiger partial charge on any atom is 0.416 e. The molecule has 2 aromatic carbocycles. The Kier molecular flexibility index (Phi) is 3.55. The van der Waals surface area contributed by atoms with Crippen LogP contribution in [-0.4, -0.2) is 0 Å². The van der Waals surface area contributed by atoms with Crippen LogP contribution in [0.2, 0.25) is 0 Å². The van der Waals surface area contributed by atoms with E-state index < -0.39 is 18.2 Å². The molecule has 0 unspecified atom stereocenters. The third-order valence-electron chi connectivity index (χ3n) is 2.66. The highest BCUT2D eigenvalue weighted by atomic mass is 19.4. The van der Waals surface area contributed by atoms with E-state index in [2.05, 4.69) is 0 Å². The van der Waals surface area contributed by atoms with Crippen LogP contribution in [0.15, 0.2) is 48.5 Å². The largest absolute Gasteiger partial charge is 0.416 e. The van der Waals surface area contributed by atoms with Gasteiger partial charge in [-0.15, -0.1) is 0 Å². The van der Waals surface area contributed by atoms with E-state index in [9.17, 15) is 22.0 Å². The van der Waals surface area contributed by atoms with Crippen LogP contribution in [0.1, 0.15) is 17.6 Å². The fourth-order valence-electron chi connectivity index (χ4n) is 1.73. The number of hydrogen-bond acceptors (Lipinski definition) is 0. The van der Waals surface area contributed by atoms with Crippen LogP contribution in [0, 0.1) is 0 Å². The molecule has 0 heterocycles. The zero-order chi connectivity index (χ0) is 14.0. The standard InChI is InChI=1S/C14H9F5/c15-13(16)11-5-1-3-9(7-11)10-4-2-6-12(8-10)14(17,18)19/h1-8,13H. The van der Waals surface area contributed by atoms with Gasteiger partial charge >= 0.3 is 6.18 Å². The van der Waals surface area contributed by atoms with Crippen molar-refractivity contribution in [2.24, 2.45) is 0 Å². The van der Waals surface area contributed by atoms with Gasteiger partial charge in [0.1, 0.15) is 0 Å². The van der Waals surface area contributed by atoms with E-state index in [-0.39, 0.29) is 11.1 Å². The van der Waals surface area contributed by atoms with Gasteiger partial charge in [-0.1, -0.05) is 30.3 Å². The summed E-state index contributed by atoms with van der Waals surface area (Å²) >= 11 is 0. The predicted octanol–water partition coefficient (Wildman–Crippen LogP) is 5.31. The van der Waals surface area contributed by atoms with Gasteiger partial charge in [-0.2, -0.15) is 13.2 Å². The Bertz CT molecular complexity index is 572. The lowest BCUT2D eigenvalue weighted by molar-refractivity contribution is -0.137.